The first-order chi connectivity index (χ1) is 11.3. The summed E-state index contributed by atoms with van der Waals surface area (Å²) in [6, 6.07) is 0. The van der Waals surface area contributed by atoms with Crippen LogP contribution < -0.4 is 0 Å². The molecule has 136 valence electrons. The Balaban J connectivity index is 0.000000174. The largest absolute Gasteiger partial charge is 0.469 e. The van der Waals surface area contributed by atoms with E-state index in [9.17, 15) is 18.6 Å². The summed E-state index contributed by atoms with van der Waals surface area (Å²) < 4.78 is 19.3. The van der Waals surface area contributed by atoms with Crippen molar-refractivity contribution >= 4 is 28.9 Å². The van der Waals surface area contributed by atoms with Crippen LogP contribution in [0.4, 0.5) is 0 Å². The molecule has 1 saturated heterocycles. The highest BCUT2D eigenvalue weighted by Gasteiger charge is 2.53. The van der Waals surface area contributed by atoms with Gasteiger partial charge in [0.25, 0.3) is 11.8 Å². The molecule has 0 aromatic rings. The maximum absolute atomic E-state index is 11.5. The molecule has 4 unspecified atom stereocenters. The molecule has 2 amide bonds. The molecule has 0 aromatic carbocycles. The Morgan fingerprint density at radius 1 is 1.25 bits per heavy atom. The van der Waals surface area contributed by atoms with Crippen LogP contribution in [0.5, 0.6) is 0 Å². The van der Waals surface area contributed by atoms with Crippen molar-refractivity contribution in [2.75, 3.05) is 13.4 Å². The zero-order valence-electron chi connectivity index (χ0n) is 14.1. The number of ether oxygens (including phenoxy) is 1. The molecule has 9 heteroatoms. The molecule has 0 spiro atoms. The summed E-state index contributed by atoms with van der Waals surface area (Å²) in [5, 5.41) is 0.474. The van der Waals surface area contributed by atoms with E-state index in [-0.39, 0.29) is 24.2 Å². The fraction of sp³-hybridized carbons (Fsp3) is 0.800. The Morgan fingerprint density at radius 3 is 2.29 bits per heavy atom. The molecule has 8 nitrogen and oxygen atoms in total. The summed E-state index contributed by atoms with van der Waals surface area (Å²) in [5.41, 5.74) is -0.141. The van der Waals surface area contributed by atoms with Gasteiger partial charge in [-0.15, -0.1) is 9.40 Å². The van der Waals surface area contributed by atoms with Crippen LogP contribution in [0.2, 0.25) is 0 Å². The standard InChI is InChI=1S/C10H16O2.C5H7NO5S/c1-10(9(11)12-2)6-7-3-4-8(10)5-7;1-12(9)11-10-6-4(7)2-3-5(6)8/h7-8H,3-6H2,1-2H3;2-3H2,1H3. The fourth-order valence-corrected chi connectivity index (χ4v) is 3.95. The minimum absolute atomic E-state index is 0.00898. The molecule has 2 saturated carbocycles. The lowest BCUT2D eigenvalue weighted by Gasteiger charge is -2.30. The van der Waals surface area contributed by atoms with E-state index in [0.717, 1.165) is 12.3 Å². The molecule has 1 aliphatic heterocycles. The number of hydroxylamine groups is 2. The lowest BCUT2D eigenvalue weighted by atomic mass is 9.75. The van der Waals surface area contributed by atoms with E-state index >= 15 is 0 Å². The molecular weight excluding hydrogens is 338 g/mol. The molecule has 1 heterocycles. The lowest BCUT2D eigenvalue weighted by Crippen LogP contribution is -2.34. The summed E-state index contributed by atoms with van der Waals surface area (Å²) in [6.45, 7) is 2.07. The zero-order valence-corrected chi connectivity index (χ0v) is 14.9. The SMILES string of the molecule is COC(=O)C1(C)CC2CCC1C2.CS(=O)OON1C(=O)CCC1=O. The van der Waals surface area contributed by atoms with Crippen LogP contribution in [0.15, 0.2) is 0 Å². The van der Waals surface area contributed by atoms with Gasteiger partial charge in [-0.3, -0.25) is 14.4 Å². The van der Waals surface area contributed by atoms with Crippen LogP contribution in [-0.2, 0) is 39.5 Å². The first-order valence-electron chi connectivity index (χ1n) is 7.90. The Labute approximate surface area is 143 Å². The van der Waals surface area contributed by atoms with E-state index < -0.39 is 22.9 Å². The van der Waals surface area contributed by atoms with Gasteiger partial charge >= 0.3 is 5.97 Å². The number of imide groups is 1. The first kappa shape index (κ1) is 19.0. The van der Waals surface area contributed by atoms with Gasteiger partial charge in [-0.05, 0) is 38.0 Å². The van der Waals surface area contributed by atoms with Gasteiger partial charge in [-0.25, -0.2) is 4.21 Å². The van der Waals surface area contributed by atoms with E-state index in [4.69, 9.17) is 4.74 Å². The van der Waals surface area contributed by atoms with Crippen LogP contribution >= 0.6 is 0 Å². The van der Waals surface area contributed by atoms with Crippen molar-refractivity contribution in [2.24, 2.45) is 17.3 Å². The number of hydrogen-bond acceptors (Lipinski definition) is 7. The highest BCUT2D eigenvalue weighted by Crippen LogP contribution is 2.56. The quantitative estimate of drug-likeness (QED) is 0.322. The Bertz CT molecular complexity index is 536. The minimum Gasteiger partial charge on any atom is -0.469 e. The van der Waals surface area contributed by atoms with E-state index in [0.29, 0.717) is 11.0 Å². The number of carbonyl (C=O) groups excluding carboxylic acids is 3. The lowest BCUT2D eigenvalue weighted by molar-refractivity contribution is -0.327. The van der Waals surface area contributed by atoms with Crippen molar-refractivity contribution in [3.63, 3.8) is 0 Å². The molecule has 3 aliphatic rings. The zero-order chi connectivity index (χ0) is 17.9. The summed E-state index contributed by atoms with van der Waals surface area (Å²) in [5.74, 6) is 0.458. The molecule has 3 rings (SSSR count). The van der Waals surface area contributed by atoms with Gasteiger partial charge < -0.3 is 4.74 Å². The van der Waals surface area contributed by atoms with Crippen LogP contribution in [0.25, 0.3) is 0 Å². The van der Waals surface area contributed by atoms with Gasteiger partial charge in [-0.1, -0.05) is 11.4 Å². The van der Waals surface area contributed by atoms with E-state index in [2.05, 4.69) is 16.2 Å². The average Bonchev–Trinajstić information content (AvgIpc) is 3.21. The van der Waals surface area contributed by atoms with Gasteiger partial charge in [0.1, 0.15) is 0 Å². The van der Waals surface area contributed by atoms with Crippen molar-refractivity contribution in [3.05, 3.63) is 0 Å². The van der Waals surface area contributed by atoms with E-state index in [1.165, 1.54) is 32.6 Å². The predicted molar refractivity (Wildman–Crippen MR) is 82.9 cm³/mol. The Kier molecular flexibility index (Phi) is 6.11. The molecule has 2 aliphatic carbocycles. The molecule has 2 bridgehead atoms. The van der Waals surface area contributed by atoms with Crippen molar-refractivity contribution in [2.45, 2.75) is 45.4 Å². The van der Waals surface area contributed by atoms with E-state index in [1.54, 1.807) is 0 Å². The van der Waals surface area contributed by atoms with Crippen molar-refractivity contribution in [1.82, 2.24) is 5.06 Å². The maximum atomic E-state index is 11.5. The van der Waals surface area contributed by atoms with Crippen molar-refractivity contribution in [1.29, 1.82) is 0 Å². The van der Waals surface area contributed by atoms with Gasteiger partial charge in [-0.2, -0.15) is 0 Å². The number of carbonyl (C=O) groups is 3. The number of esters is 1. The number of methoxy groups -OCH3 is 1. The summed E-state index contributed by atoms with van der Waals surface area (Å²) in [7, 11) is 1.50. The van der Waals surface area contributed by atoms with Crippen LogP contribution in [0.1, 0.15) is 45.4 Å². The van der Waals surface area contributed by atoms with Crippen LogP contribution in [-0.4, -0.2) is 40.4 Å². The molecule has 0 radical (unpaired) electrons. The highest BCUT2D eigenvalue weighted by atomic mass is 32.2. The third-order valence-corrected chi connectivity index (χ3v) is 5.27. The van der Waals surface area contributed by atoms with Gasteiger partial charge in [0.15, 0.2) is 11.1 Å². The monoisotopic (exact) mass is 361 g/mol. The molecule has 24 heavy (non-hydrogen) atoms. The van der Waals surface area contributed by atoms with Gasteiger partial charge in [0.05, 0.1) is 12.5 Å². The molecule has 0 N–H and O–H groups in total. The second kappa shape index (κ2) is 7.71. The number of amides is 2. The maximum Gasteiger partial charge on any atom is 0.311 e. The summed E-state index contributed by atoms with van der Waals surface area (Å²) in [6.07, 6.45) is 6.31. The molecular formula is C15H23NO7S. The van der Waals surface area contributed by atoms with Gasteiger partial charge in [0, 0.05) is 19.1 Å². The normalized spacial score (nSPS) is 32.5. The summed E-state index contributed by atoms with van der Waals surface area (Å²) in [4.78, 5) is 37.3. The molecule has 0 aromatic heterocycles. The second-order valence-electron chi connectivity index (χ2n) is 6.61. The topological polar surface area (TPSA) is 99.2 Å². The summed E-state index contributed by atoms with van der Waals surface area (Å²) >= 11 is -1.66. The number of nitrogens with zero attached hydrogens (tertiary/aromatic N) is 1. The number of rotatable bonds is 4. The van der Waals surface area contributed by atoms with Crippen LogP contribution in [0, 0.1) is 17.3 Å². The average molecular weight is 361 g/mol. The van der Waals surface area contributed by atoms with Gasteiger partial charge in [0.2, 0.25) is 0 Å². The smallest absolute Gasteiger partial charge is 0.311 e. The third-order valence-electron chi connectivity index (χ3n) is 5.01. The van der Waals surface area contributed by atoms with Crippen molar-refractivity contribution < 1.29 is 32.7 Å². The second-order valence-corrected chi connectivity index (χ2v) is 7.55. The Morgan fingerprint density at radius 2 is 1.88 bits per heavy atom. The minimum atomic E-state index is -1.66. The Hall–Kier alpha value is -1.32. The van der Waals surface area contributed by atoms with Crippen molar-refractivity contribution in [3.8, 4) is 0 Å². The highest BCUT2D eigenvalue weighted by molar-refractivity contribution is 7.79. The number of fused-ring (bicyclic) bond motifs is 2. The van der Waals surface area contributed by atoms with Crippen LogP contribution in [0.3, 0.4) is 0 Å². The fourth-order valence-electron chi connectivity index (χ4n) is 3.80. The number of hydrogen-bond donors (Lipinski definition) is 0. The molecule has 4 atom stereocenters. The predicted octanol–water partition coefficient (Wildman–Crippen LogP) is 1.28. The third kappa shape index (κ3) is 4.01. The molecule has 3 fully saturated rings. The van der Waals surface area contributed by atoms with E-state index in [1.807, 2.05) is 0 Å². The first-order valence-corrected chi connectivity index (χ1v) is 9.39.